The standard InChI is InChI=1S/C11H21ClN2O3S/c1-9(12)11(15)14-8-4-3-5-10(14)6-7-13-18(2,16)17/h9-10,13H,3-8H2,1-2H3. The summed E-state index contributed by atoms with van der Waals surface area (Å²) in [6.45, 7) is 2.76. The molecule has 1 aliphatic heterocycles. The monoisotopic (exact) mass is 296 g/mol. The van der Waals surface area contributed by atoms with E-state index >= 15 is 0 Å². The Morgan fingerprint density at radius 3 is 2.72 bits per heavy atom. The number of amides is 1. The number of halogens is 1. The van der Waals surface area contributed by atoms with E-state index in [9.17, 15) is 13.2 Å². The number of sulfonamides is 1. The third kappa shape index (κ3) is 5.12. The minimum Gasteiger partial charge on any atom is -0.338 e. The number of rotatable bonds is 5. The van der Waals surface area contributed by atoms with Crippen molar-refractivity contribution in [2.24, 2.45) is 0 Å². The van der Waals surface area contributed by atoms with E-state index in [1.807, 2.05) is 0 Å². The van der Waals surface area contributed by atoms with E-state index in [0.29, 0.717) is 13.0 Å². The molecule has 1 amide bonds. The Hall–Kier alpha value is -0.330. The molecule has 0 aromatic carbocycles. The van der Waals surface area contributed by atoms with E-state index in [2.05, 4.69) is 4.72 Å². The predicted molar refractivity (Wildman–Crippen MR) is 72.1 cm³/mol. The van der Waals surface area contributed by atoms with E-state index in [1.54, 1.807) is 11.8 Å². The second kappa shape index (κ2) is 6.73. The first-order chi connectivity index (χ1) is 8.31. The Morgan fingerprint density at radius 1 is 1.50 bits per heavy atom. The Labute approximate surface area is 114 Å². The Bertz CT molecular complexity index is 384. The summed E-state index contributed by atoms with van der Waals surface area (Å²) < 4.78 is 24.4. The van der Waals surface area contributed by atoms with Gasteiger partial charge in [0.15, 0.2) is 0 Å². The average Bonchev–Trinajstić information content (AvgIpc) is 2.27. The maximum Gasteiger partial charge on any atom is 0.240 e. The van der Waals surface area contributed by atoms with Gasteiger partial charge in [0.2, 0.25) is 15.9 Å². The lowest BCUT2D eigenvalue weighted by Crippen LogP contribution is -2.47. The molecular formula is C11H21ClN2O3S. The summed E-state index contributed by atoms with van der Waals surface area (Å²) in [6.07, 6.45) is 4.76. The van der Waals surface area contributed by atoms with Gasteiger partial charge in [0.1, 0.15) is 5.38 Å². The van der Waals surface area contributed by atoms with Crippen LogP contribution in [0.15, 0.2) is 0 Å². The molecular weight excluding hydrogens is 276 g/mol. The van der Waals surface area contributed by atoms with Gasteiger partial charge in [0, 0.05) is 19.1 Å². The molecule has 1 rings (SSSR count). The van der Waals surface area contributed by atoms with Crippen molar-refractivity contribution in [2.75, 3.05) is 19.3 Å². The van der Waals surface area contributed by atoms with Crippen molar-refractivity contribution in [1.82, 2.24) is 9.62 Å². The lowest BCUT2D eigenvalue weighted by Gasteiger charge is -2.36. The highest BCUT2D eigenvalue weighted by Crippen LogP contribution is 2.21. The van der Waals surface area contributed by atoms with Crippen molar-refractivity contribution in [1.29, 1.82) is 0 Å². The molecule has 2 atom stereocenters. The Kier molecular flexibility index (Phi) is 5.88. The van der Waals surface area contributed by atoms with Gasteiger partial charge in [-0.2, -0.15) is 0 Å². The minimum absolute atomic E-state index is 0.0549. The van der Waals surface area contributed by atoms with Gasteiger partial charge in [-0.15, -0.1) is 11.6 Å². The van der Waals surface area contributed by atoms with Crippen LogP contribution < -0.4 is 4.72 Å². The van der Waals surface area contributed by atoms with Gasteiger partial charge in [0.25, 0.3) is 0 Å². The summed E-state index contributed by atoms with van der Waals surface area (Å²) in [5.41, 5.74) is 0. The molecule has 5 nitrogen and oxygen atoms in total. The number of carbonyl (C=O) groups is 1. The maximum atomic E-state index is 11.9. The Balaban J connectivity index is 2.52. The number of hydrogen-bond acceptors (Lipinski definition) is 3. The number of likely N-dealkylation sites (tertiary alicyclic amines) is 1. The van der Waals surface area contributed by atoms with Crippen molar-refractivity contribution in [3.8, 4) is 0 Å². The van der Waals surface area contributed by atoms with Gasteiger partial charge >= 0.3 is 0 Å². The summed E-state index contributed by atoms with van der Waals surface area (Å²) in [5, 5.41) is -0.520. The third-order valence-corrected chi connectivity index (χ3v) is 4.01. The first kappa shape index (κ1) is 15.7. The van der Waals surface area contributed by atoms with Crippen LogP contribution >= 0.6 is 11.6 Å². The second-order valence-corrected chi connectivity index (χ2v) is 7.24. The molecule has 0 aromatic rings. The predicted octanol–water partition coefficient (Wildman–Crippen LogP) is 0.934. The molecule has 18 heavy (non-hydrogen) atoms. The lowest BCUT2D eigenvalue weighted by molar-refractivity contribution is -0.134. The highest BCUT2D eigenvalue weighted by molar-refractivity contribution is 7.88. The zero-order chi connectivity index (χ0) is 13.8. The molecule has 0 bridgehead atoms. The van der Waals surface area contributed by atoms with Gasteiger partial charge in [-0.3, -0.25) is 4.79 Å². The summed E-state index contributed by atoms with van der Waals surface area (Å²) >= 11 is 5.83. The molecule has 1 fully saturated rings. The fraction of sp³-hybridized carbons (Fsp3) is 0.909. The molecule has 1 saturated heterocycles. The van der Waals surface area contributed by atoms with Crippen LogP contribution in [-0.2, 0) is 14.8 Å². The molecule has 0 spiro atoms. The fourth-order valence-corrected chi connectivity index (χ4v) is 2.84. The van der Waals surface area contributed by atoms with Crippen LogP contribution in [-0.4, -0.2) is 50.0 Å². The van der Waals surface area contributed by atoms with E-state index < -0.39 is 15.4 Å². The van der Waals surface area contributed by atoms with Crippen LogP contribution in [0.4, 0.5) is 0 Å². The van der Waals surface area contributed by atoms with Crippen molar-refractivity contribution in [3.05, 3.63) is 0 Å². The molecule has 0 aromatic heterocycles. The molecule has 0 radical (unpaired) electrons. The molecule has 7 heteroatoms. The van der Waals surface area contributed by atoms with Gasteiger partial charge in [-0.25, -0.2) is 13.1 Å². The number of hydrogen-bond donors (Lipinski definition) is 1. The van der Waals surface area contributed by atoms with Crippen LogP contribution in [0, 0.1) is 0 Å². The van der Waals surface area contributed by atoms with Crippen molar-refractivity contribution in [3.63, 3.8) is 0 Å². The number of alkyl halides is 1. The smallest absolute Gasteiger partial charge is 0.240 e. The summed E-state index contributed by atoms with van der Waals surface area (Å²) in [5.74, 6) is -0.0549. The van der Waals surface area contributed by atoms with Gasteiger partial charge in [-0.05, 0) is 32.6 Å². The number of nitrogens with zero attached hydrogens (tertiary/aromatic N) is 1. The zero-order valence-corrected chi connectivity index (χ0v) is 12.4. The number of piperidine rings is 1. The fourth-order valence-electron chi connectivity index (χ4n) is 2.23. The van der Waals surface area contributed by atoms with Crippen molar-refractivity contribution < 1.29 is 13.2 Å². The van der Waals surface area contributed by atoms with Crippen LogP contribution in [0.1, 0.15) is 32.6 Å². The van der Waals surface area contributed by atoms with Crippen molar-refractivity contribution >= 4 is 27.5 Å². The van der Waals surface area contributed by atoms with Crippen LogP contribution in [0.3, 0.4) is 0 Å². The molecule has 106 valence electrons. The molecule has 2 unspecified atom stereocenters. The quantitative estimate of drug-likeness (QED) is 0.768. The first-order valence-corrected chi connectivity index (χ1v) is 8.53. The molecule has 0 aliphatic carbocycles. The van der Waals surface area contributed by atoms with Gasteiger partial charge in [0.05, 0.1) is 6.26 Å². The van der Waals surface area contributed by atoms with E-state index in [0.717, 1.165) is 32.1 Å². The largest absolute Gasteiger partial charge is 0.338 e. The molecule has 0 saturated carbocycles. The highest BCUT2D eigenvalue weighted by Gasteiger charge is 2.28. The summed E-state index contributed by atoms with van der Waals surface area (Å²) in [7, 11) is -3.16. The summed E-state index contributed by atoms with van der Waals surface area (Å²) in [4.78, 5) is 13.7. The normalized spacial score (nSPS) is 22.8. The molecule has 1 heterocycles. The minimum atomic E-state index is -3.16. The number of nitrogens with one attached hydrogen (secondary N) is 1. The second-order valence-electron chi connectivity index (χ2n) is 4.75. The SMILES string of the molecule is CC(Cl)C(=O)N1CCCCC1CCNS(C)(=O)=O. The van der Waals surface area contributed by atoms with Gasteiger partial charge in [-0.1, -0.05) is 0 Å². The third-order valence-electron chi connectivity index (χ3n) is 3.09. The molecule has 1 aliphatic rings. The van der Waals surface area contributed by atoms with Crippen molar-refractivity contribution in [2.45, 2.75) is 44.0 Å². The average molecular weight is 297 g/mol. The van der Waals surface area contributed by atoms with E-state index in [1.165, 1.54) is 0 Å². The summed E-state index contributed by atoms with van der Waals surface area (Å²) in [6, 6.07) is 0.0988. The van der Waals surface area contributed by atoms with Crippen LogP contribution in [0.5, 0.6) is 0 Å². The van der Waals surface area contributed by atoms with E-state index in [4.69, 9.17) is 11.6 Å². The van der Waals surface area contributed by atoms with Crippen LogP contribution in [0.2, 0.25) is 0 Å². The van der Waals surface area contributed by atoms with Gasteiger partial charge < -0.3 is 4.90 Å². The lowest BCUT2D eigenvalue weighted by atomic mass is 9.99. The number of carbonyl (C=O) groups excluding carboxylic acids is 1. The zero-order valence-electron chi connectivity index (χ0n) is 10.9. The maximum absolute atomic E-state index is 11.9. The van der Waals surface area contributed by atoms with E-state index in [-0.39, 0.29) is 11.9 Å². The topological polar surface area (TPSA) is 66.5 Å². The Morgan fingerprint density at radius 2 is 2.17 bits per heavy atom. The van der Waals surface area contributed by atoms with Crippen LogP contribution in [0.25, 0.3) is 0 Å². The molecule has 1 N–H and O–H groups in total. The highest BCUT2D eigenvalue weighted by atomic mass is 35.5. The first-order valence-electron chi connectivity index (χ1n) is 6.20.